The van der Waals surface area contributed by atoms with E-state index in [2.05, 4.69) is 4.90 Å². The highest BCUT2D eigenvalue weighted by Crippen LogP contribution is 2.45. The van der Waals surface area contributed by atoms with Gasteiger partial charge in [-0.15, -0.1) is 0 Å². The summed E-state index contributed by atoms with van der Waals surface area (Å²) >= 11 is 12.7. The first kappa shape index (κ1) is 31.3. The third kappa shape index (κ3) is 7.82. The van der Waals surface area contributed by atoms with Gasteiger partial charge in [0.2, 0.25) is 5.58 Å². The van der Waals surface area contributed by atoms with E-state index in [1.54, 1.807) is 18.2 Å². The Hall–Kier alpha value is -2.61. The molecule has 0 bridgehead atoms. The first-order valence-corrected chi connectivity index (χ1v) is 17.0. The third-order valence-corrected chi connectivity index (χ3v) is 8.96. The highest BCUT2D eigenvalue weighted by atomic mass is 35.5. The van der Waals surface area contributed by atoms with Gasteiger partial charge in [-0.25, -0.2) is 8.42 Å². The minimum absolute atomic E-state index is 0.138. The van der Waals surface area contributed by atoms with Gasteiger partial charge in [0.25, 0.3) is 15.6 Å². The molecule has 0 aliphatic carbocycles. The van der Waals surface area contributed by atoms with Crippen molar-refractivity contribution in [2.45, 2.75) is 39.7 Å². The summed E-state index contributed by atoms with van der Waals surface area (Å²) in [4.78, 5) is 4.07. The number of allylic oxidation sites excluding steroid dienone is 2. The van der Waals surface area contributed by atoms with Crippen molar-refractivity contribution in [3.8, 4) is 0 Å². The first-order valence-electron chi connectivity index (χ1n) is 13.0. The van der Waals surface area contributed by atoms with Gasteiger partial charge in [-0.1, -0.05) is 29.3 Å². The summed E-state index contributed by atoms with van der Waals surface area (Å²) in [5, 5.41) is 0.797. The summed E-state index contributed by atoms with van der Waals surface area (Å²) in [7, 11) is -8.40. The Morgan fingerprint density at radius 2 is 1.68 bits per heavy atom. The lowest BCUT2D eigenvalue weighted by atomic mass is 10.2. The minimum Gasteiger partial charge on any atom is -0.748 e. The Labute approximate surface area is 250 Å². The Morgan fingerprint density at radius 3 is 2.32 bits per heavy atom. The van der Waals surface area contributed by atoms with E-state index in [-0.39, 0.29) is 25.1 Å². The molecular weight excluding hydrogens is 613 g/mol. The van der Waals surface area contributed by atoms with Gasteiger partial charge >= 0.3 is 5.89 Å². The smallest absolute Gasteiger partial charge is 0.374 e. The SMILES string of the molecule is CCN1/C(=C\C=C\c2oc3ccc(C)cc3[n+]2CCCS(=O)(=O)[O-])N(CCCCS(=O)(=O)O)c2cc(Cl)c(Cl)cc21. The average Bonchev–Trinajstić information content (AvgIpc) is 3.35. The van der Waals surface area contributed by atoms with Crippen molar-refractivity contribution in [3.63, 3.8) is 0 Å². The fraction of sp³-hybridized carbons (Fsp3) is 0.370. The van der Waals surface area contributed by atoms with Crippen LogP contribution in [0.15, 0.2) is 52.7 Å². The van der Waals surface area contributed by atoms with Crippen LogP contribution >= 0.6 is 23.2 Å². The molecule has 0 unspecified atom stereocenters. The molecule has 14 heteroatoms. The first-order chi connectivity index (χ1) is 19.3. The van der Waals surface area contributed by atoms with Crippen molar-refractivity contribution in [1.29, 1.82) is 0 Å². The van der Waals surface area contributed by atoms with E-state index in [9.17, 15) is 21.4 Å². The number of aromatic nitrogens is 1. The summed E-state index contributed by atoms with van der Waals surface area (Å²) in [5.41, 5.74) is 4.09. The third-order valence-electron chi connectivity index (χ3n) is 6.65. The minimum atomic E-state index is -4.34. The Morgan fingerprint density at radius 1 is 1.00 bits per heavy atom. The molecule has 2 heterocycles. The molecule has 41 heavy (non-hydrogen) atoms. The van der Waals surface area contributed by atoms with Gasteiger partial charge in [0.15, 0.2) is 6.54 Å². The van der Waals surface area contributed by atoms with E-state index in [0.717, 1.165) is 28.3 Å². The van der Waals surface area contributed by atoms with Crippen LogP contribution in [0.25, 0.3) is 17.2 Å². The maximum absolute atomic E-state index is 11.2. The standard InChI is InChI=1S/C27H31Cl2N3O7S2/c1-3-30-22-17-20(28)21(29)18-23(22)31(12-4-5-14-40(33,34)35)26(30)8-6-9-27-32(13-7-15-41(36,37)38)24-16-19(2)10-11-25(24)39-27/h6,8-11,16-18H,3-5,7,12-15H2,1-2H3,(H-,33,34,35,36,37,38). The number of nitrogens with zero attached hydrogens (tertiary/aromatic N) is 3. The highest BCUT2D eigenvalue weighted by Gasteiger charge is 2.31. The lowest BCUT2D eigenvalue weighted by molar-refractivity contribution is -0.677. The molecule has 4 rings (SSSR count). The van der Waals surface area contributed by atoms with Crippen LogP contribution in [0.4, 0.5) is 11.4 Å². The van der Waals surface area contributed by atoms with Crippen LogP contribution in [0, 0.1) is 6.92 Å². The number of aryl methyl sites for hydroxylation is 2. The van der Waals surface area contributed by atoms with Gasteiger partial charge in [-0.05, 0) is 62.6 Å². The molecule has 3 aromatic rings. The molecule has 0 radical (unpaired) electrons. The number of hydrogen-bond acceptors (Lipinski definition) is 8. The topological polar surface area (TPSA) is 135 Å². The summed E-state index contributed by atoms with van der Waals surface area (Å²) < 4.78 is 72.9. The fourth-order valence-electron chi connectivity index (χ4n) is 4.83. The number of unbranched alkanes of at least 4 members (excludes halogenated alkanes) is 1. The lowest BCUT2D eigenvalue weighted by Crippen LogP contribution is -2.36. The number of rotatable bonds is 12. The van der Waals surface area contributed by atoms with Crippen molar-refractivity contribution < 1.29 is 34.9 Å². The monoisotopic (exact) mass is 643 g/mol. The van der Waals surface area contributed by atoms with Crippen molar-refractivity contribution >= 4 is 72.0 Å². The number of benzene rings is 2. The number of anilines is 2. The predicted octanol–water partition coefficient (Wildman–Crippen LogP) is 5.14. The molecule has 0 fully saturated rings. The molecule has 1 N–H and O–H groups in total. The number of fused-ring (bicyclic) bond motifs is 2. The van der Waals surface area contributed by atoms with E-state index in [1.807, 2.05) is 53.7 Å². The largest absolute Gasteiger partial charge is 0.748 e. The molecule has 0 amide bonds. The predicted molar refractivity (Wildman–Crippen MR) is 160 cm³/mol. The molecule has 1 aliphatic rings. The normalized spacial score (nSPS) is 15.1. The summed E-state index contributed by atoms with van der Waals surface area (Å²) in [6.45, 7) is 5.28. The molecule has 222 valence electrons. The quantitative estimate of drug-likeness (QED) is 0.162. The van der Waals surface area contributed by atoms with Crippen LogP contribution in [-0.4, -0.2) is 50.5 Å². The molecule has 2 aromatic carbocycles. The summed E-state index contributed by atoms with van der Waals surface area (Å²) in [5.74, 6) is 0.479. The van der Waals surface area contributed by atoms with Crippen LogP contribution < -0.4 is 14.4 Å². The van der Waals surface area contributed by atoms with Gasteiger partial charge in [-0.3, -0.25) is 4.55 Å². The maximum Gasteiger partial charge on any atom is 0.374 e. The second kappa shape index (κ2) is 12.7. The number of oxazole rings is 1. The second-order valence-corrected chi connectivity index (χ2v) is 13.6. The summed E-state index contributed by atoms with van der Waals surface area (Å²) in [6, 6.07) is 9.26. The van der Waals surface area contributed by atoms with Crippen LogP contribution in [-0.2, 0) is 26.8 Å². The molecule has 0 spiro atoms. The van der Waals surface area contributed by atoms with E-state index in [1.165, 1.54) is 0 Å². The van der Waals surface area contributed by atoms with Gasteiger partial charge in [-0.2, -0.15) is 13.0 Å². The van der Waals surface area contributed by atoms with E-state index in [4.69, 9.17) is 32.2 Å². The van der Waals surface area contributed by atoms with Crippen LogP contribution in [0.3, 0.4) is 0 Å². The van der Waals surface area contributed by atoms with Gasteiger partial charge in [0, 0.05) is 31.3 Å². The van der Waals surface area contributed by atoms with Gasteiger partial charge in [0.1, 0.15) is 5.82 Å². The van der Waals surface area contributed by atoms with Crippen molar-refractivity contribution in [2.75, 3.05) is 34.4 Å². The number of halogens is 2. The maximum atomic E-state index is 11.2. The lowest BCUT2D eigenvalue weighted by Gasteiger charge is -2.24. The van der Waals surface area contributed by atoms with Crippen molar-refractivity contribution in [3.05, 3.63) is 69.8 Å². The van der Waals surface area contributed by atoms with E-state index < -0.39 is 26.0 Å². The molecular formula is C27H31Cl2N3O7S2. The zero-order valence-electron chi connectivity index (χ0n) is 22.6. The molecule has 1 aromatic heterocycles. The molecule has 1 aliphatic heterocycles. The van der Waals surface area contributed by atoms with Crippen molar-refractivity contribution in [1.82, 2.24) is 0 Å². The molecule has 0 saturated carbocycles. The van der Waals surface area contributed by atoms with Crippen LogP contribution in [0.5, 0.6) is 0 Å². The summed E-state index contributed by atoms with van der Waals surface area (Å²) in [6.07, 6.45) is 6.37. The second-order valence-electron chi connectivity index (χ2n) is 9.71. The number of hydrogen-bond donors (Lipinski definition) is 1. The fourth-order valence-corrected chi connectivity index (χ4v) is 6.20. The van der Waals surface area contributed by atoms with Gasteiger partial charge in [0.05, 0.1) is 43.4 Å². The Kier molecular flexibility index (Phi) is 9.72. The molecule has 0 atom stereocenters. The highest BCUT2D eigenvalue weighted by molar-refractivity contribution is 7.85. The van der Waals surface area contributed by atoms with Gasteiger partial charge < -0.3 is 18.8 Å². The Bertz CT molecular complexity index is 1720. The van der Waals surface area contributed by atoms with Crippen LogP contribution in [0.2, 0.25) is 10.0 Å². The van der Waals surface area contributed by atoms with Crippen LogP contribution in [0.1, 0.15) is 37.6 Å². The Balaban J connectivity index is 1.68. The van der Waals surface area contributed by atoms with E-state index >= 15 is 0 Å². The average molecular weight is 645 g/mol. The van der Waals surface area contributed by atoms with E-state index in [0.29, 0.717) is 41.0 Å². The molecule has 10 nitrogen and oxygen atoms in total. The zero-order valence-corrected chi connectivity index (χ0v) is 25.7. The zero-order chi connectivity index (χ0) is 29.9. The molecule has 0 saturated heterocycles. The van der Waals surface area contributed by atoms with Crippen molar-refractivity contribution in [2.24, 2.45) is 0 Å².